The maximum atomic E-state index is 11.4. The molecular formula is C10H19N3O. The minimum Gasteiger partial charge on any atom is -0.338 e. The predicted molar refractivity (Wildman–Crippen MR) is 54.9 cm³/mol. The van der Waals surface area contributed by atoms with E-state index in [2.05, 4.69) is 10.6 Å². The number of nitrogens with one attached hydrogen (secondary N) is 2. The molecule has 0 heterocycles. The van der Waals surface area contributed by atoms with Crippen LogP contribution < -0.4 is 16.4 Å². The molecule has 0 saturated heterocycles. The van der Waals surface area contributed by atoms with E-state index in [1.54, 1.807) is 0 Å². The Labute approximate surface area is 84.6 Å². The molecule has 2 amide bonds. The fraction of sp³-hybridized carbons (Fsp3) is 0.900. The van der Waals surface area contributed by atoms with E-state index in [1.807, 2.05) is 0 Å². The zero-order chi connectivity index (χ0) is 10.0. The third-order valence-corrected chi connectivity index (χ3v) is 3.45. The van der Waals surface area contributed by atoms with Gasteiger partial charge in [0, 0.05) is 18.0 Å². The fourth-order valence-corrected chi connectivity index (χ4v) is 1.69. The summed E-state index contributed by atoms with van der Waals surface area (Å²) in [5.41, 5.74) is 5.85. The Morgan fingerprint density at radius 3 is 2.57 bits per heavy atom. The minimum absolute atomic E-state index is 0.0191. The Bertz CT molecular complexity index is 221. The van der Waals surface area contributed by atoms with Gasteiger partial charge in [-0.1, -0.05) is 0 Å². The van der Waals surface area contributed by atoms with Gasteiger partial charge in [-0.2, -0.15) is 0 Å². The first kappa shape index (κ1) is 9.77. The van der Waals surface area contributed by atoms with Crippen molar-refractivity contribution < 1.29 is 4.79 Å². The molecule has 2 fully saturated rings. The first-order valence-electron chi connectivity index (χ1n) is 5.49. The Balaban J connectivity index is 1.62. The monoisotopic (exact) mass is 197 g/mol. The van der Waals surface area contributed by atoms with Crippen molar-refractivity contribution >= 4 is 6.03 Å². The fourth-order valence-electron chi connectivity index (χ4n) is 1.69. The van der Waals surface area contributed by atoms with Crippen LogP contribution in [0.4, 0.5) is 4.79 Å². The van der Waals surface area contributed by atoms with Crippen molar-refractivity contribution in [1.29, 1.82) is 0 Å². The highest BCUT2D eigenvalue weighted by Crippen LogP contribution is 2.43. The SMILES string of the molecule is NCC1(CNC(=O)NC2CCC2)CC1. The van der Waals surface area contributed by atoms with Gasteiger partial charge in [-0.05, 0) is 38.6 Å². The second-order valence-corrected chi connectivity index (χ2v) is 4.66. The molecule has 14 heavy (non-hydrogen) atoms. The van der Waals surface area contributed by atoms with Crippen LogP contribution in [0.15, 0.2) is 0 Å². The third-order valence-electron chi connectivity index (χ3n) is 3.45. The summed E-state index contributed by atoms with van der Waals surface area (Å²) in [4.78, 5) is 11.4. The van der Waals surface area contributed by atoms with Gasteiger partial charge in [-0.15, -0.1) is 0 Å². The average Bonchev–Trinajstić information content (AvgIpc) is 2.89. The lowest BCUT2D eigenvalue weighted by atomic mass is 9.93. The molecule has 0 aromatic heterocycles. The zero-order valence-corrected chi connectivity index (χ0v) is 8.51. The highest BCUT2D eigenvalue weighted by molar-refractivity contribution is 5.74. The molecule has 0 radical (unpaired) electrons. The smallest absolute Gasteiger partial charge is 0.315 e. The highest BCUT2D eigenvalue weighted by Gasteiger charge is 2.41. The molecule has 0 aromatic carbocycles. The van der Waals surface area contributed by atoms with Crippen molar-refractivity contribution in [2.45, 2.75) is 38.1 Å². The Hall–Kier alpha value is -0.770. The van der Waals surface area contributed by atoms with Crippen molar-refractivity contribution in [2.75, 3.05) is 13.1 Å². The van der Waals surface area contributed by atoms with E-state index in [0.29, 0.717) is 12.6 Å². The molecule has 0 unspecified atom stereocenters. The lowest BCUT2D eigenvalue weighted by molar-refractivity contribution is 0.226. The van der Waals surface area contributed by atoms with Crippen molar-refractivity contribution in [2.24, 2.45) is 11.1 Å². The van der Waals surface area contributed by atoms with Crippen LogP contribution in [0.3, 0.4) is 0 Å². The van der Waals surface area contributed by atoms with Crippen molar-refractivity contribution in [3.8, 4) is 0 Å². The van der Waals surface area contributed by atoms with E-state index in [9.17, 15) is 4.79 Å². The normalized spacial score (nSPS) is 23.8. The third kappa shape index (κ3) is 2.18. The summed E-state index contributed by atoms with van der Waals surface area (Å²) in [5.74, 6) is 0. The zero-order valence-electron chi connectivity index (χ0n) is 8.51. The van der Waals surface area contributed by atoms with Gasteiger partial charge in [0.25, 0.3) is 0 Å². The highest BCUT2D eigenvalue weighted by atomic mass is 16.2. The van der Waals surface area contributed by atoms with E-state index in [1.165, 1.54) is 6.42 Å². The molecule has 0 aliphatic heterocycles. The molecule has 0 bridgehead atoms. The van der Waals surface area contributed by atoms with Crippen molar-refractivity contribution in [1.82, 2.24) is 10.6 Å². The van der Waals surface area contributed by atoms with Gasteiger partial charge in [0.15, 0.2) is 0 Å². The van der Waals surface area contributed by atoms with E-state index >= 15 is 0 Å². The summed E-state index contributed by atoms with van der Waals surface area (Å²) in [7, 11) is 0. The van der Waals surface area contributed by atoms with Crippen LogP contribution in [0.2, 0.25) is 0 Å². The predicted octanol–water partition coefficient (Wildman–Crippen LogP) is 0.577. The summed E-state index contributed by atoms with van der Waals surface area (Å²) >= 11 is 0. The molecule has 2 rings (SSSR count). The number of carbonyl (C=O) groups excluding carboxylic acids is 1. The second-order valence-electron chi connectivity index (χ2n) is 4.66. The lowest BCUT2D eigenvalue weighted by Crippen LogP contribution is -2.47. The van der Waals surface area contributed by atoms with Crippen LogP contribution in [0.5, 0.6) is 0 Å². The van der Waals surface area contributed by atoms with E-state index < -0.39 is 0 Å². The Morgan fingerprint density at radius 2 is 2.14 bits per heavy atom. The van der Waals surface area contributed by atoms with Crippen molar-refractivity contribution in [3.63, 3.8) is 0 Å². The first-order chi connectivity index (χ1) is 6.74. The summed E-state index contributed by atoms with van der Waals surface area (Å²) < 4.78 is 0. The number of nitrogens with two attached hydrogens (primary N) is 1. The summed E-state index contributed by atoms with van der Waals surface area (Å²) in [6, 6.07) is 0.400. The van der Waals surface area contributed by atoms with Crippen LogP contribution in [0.1, 0.15) is 32.1 Å². The molecular weight excluding hydrogens is 178 g/mol. The Morgan fingerprint density at radius 1 is 1.43 bits per heavy atom. The summed E-state index contributed by atoms with van der Waals surface area (Å²) in [6.45, 7) is 1.43. The maximum Gasteiger partial charge on any atom is 0.315 e. The summed E-state index contributed by atoms with van der Waals surface area (Å²) in [5, 5.41) is 5.86. The number of urea groups is 1. The topological polar surface area (TPSA) is 67.1 Å². The minimum atomic E-state index is -0.0191. The molecule has 2 saturated carbocycles. The largest absolute Gasteiger partial charge is 0.338 e. The average molecular weight is 197 g/mol. The van der Waals surface area contributed by atoms with Crippen LogP contribution >= 0.6 is 0 Å². The molecule has 2 aliphatic rings. The summed E-state index contributed by atoms with van der Waals surface area (Å²) in [6.07, 6.45) is 5.84. The molecule has 4 nitrogen and oxygen atoms in total. The molecule has 2 aliphatic carbocycles. The second kappa shape index (κ2) is 3.77. The van der Waals surface area contributed by atoms with E-state index in [0.717, 1.165) is 32.2 Å². The molecule has 0 atom stereocenters. The van der Waals surface area contributed by atoms with Crippen LogP contribution in [0, 0.1) is 5.41 Å². The van der Waals surface area contributed by atoms with Gasteiger partial charge < -0.3 is 16.4 Å². The number of carbonyl (C=O) groups is 1. The lowest BCUT2D eigenvalue weighted by Gasteiger charge is -2.26. The van der Waals surface area contributed by atoms with E-state index in [4.69, 9.17) is 5.73 Å². The quantitative estimate of drug-likeness (QED) is 0.617. The number of rotatable bonds is 4. The van der Waals surface area contributed by atoms with Gasteiger partial charge in [0.05, 0.1) is 0 Å². The van der Waals surface area contributed by atoms with Gasteiger partial charge >= 0.3 is 6.03 Å². The van der Waals surface area contributed by atoms with Crippen LogP contribution in [-0.4, -0.2) is 25.2 Å². The molecule has 4 N–H and O–H groups in total. The molecule has 4 heteroatoms. The standard InChI is InChI=1S/C10H19N3O/c11-6-10(4-5-10)7-12-9(14)13-8-2-1-3-8/h8H,1-7,11H2,(H2,12,13,14). The first-order valence-corrected chi connectivity index (χ1v) is 5.49. The van der Waals surface area contributed by atoms with Crippen LogP contribution in [0.25, 0.3) is 0 Å². The van der Waals surface area contributed by atoms with Gasteiger partial charge in [-0.25, -0.2) is 4.79 Å². The maximum absolute atomic E-state index is 11.4. The van der Waals surface area contributed by atoms with Gasteiger partial charge in [0.1, 0.15) is 0 Å². The van der Waals surface area contributed by atoms with Crippen molar-refractivity contribution in [3.05, 3.63) is 0 Å². The molecule has 80 valence electrons. The number of amides is 2. The number of hydrogen-bond acceptors (Lipinski definition) is 2. The van der Waals surface area contributed by atoms with Gasteiger partial charge in [0.2, 0.25) is 0 Å². The van der Waals surface area contributed by atoms with Crippen LogP contribution in [-0.2, 0) is 0 Å². The Kier molecular flexibility index (Phi) is 2.63. The molecule has 0 spiro atoms. The number of hydrogen-bond donors (Lipinski definition) is 3. The molecule has 0 aromatic rings. The van der Waals surface area contributed by atoms with E-state index in [-0.39, 0.29) is 11.4 Å². The van der Waals surface area contributed by atoms with Gasteiger partial charge in [-0.3, -0.25) is 0 Å².